The molecule has 0 aliphatic rings. The second kappa shape index (κ2) is 2.88. The quantitative estimate of drug-likeness (QED) is 0.520. The van der Waals surface area contributed by atoms with Gasteiger partial charge in [0.2, 0.25) is 0 Å². The number of carbonyl (C=O) groups is 1. The minimum Gasteiger partial charge on any atom is -0.396 e. The summed E-state index contributed by atoms with van der Waals surface area (Å²) < 4.78 is 12.5. The molecule has 0 amide bonds. The topological polar surface area (TPSA) is 43.1 Å². The minimum absolute atomic E-state index is 0.0727. The molecule has 1 aromatic rings. The van der Waals surface area contributed by atoms with Gasteiger partial charge in [-0.15, -0.1) is 0 Å². The summed E-state index contributed by atoms with van der Waals surface area (Å²) in [6.07, 6.45) is 0. The second-order valence-electron chi connectivity index (χ2n) is 2.01. The first-order valence-corrected chi connectivity index (χ1v) is 3.24. The Labute approximate surface area is 67.8 Å². The normalized spacial score (nSPS) is 9.64. The van der Waals surface area contributed by atoms with Gasteiger partial charge in [0.05, 0.1) is 5.69 Å². The van der Waals surface area contributed by atoms with E-state index in [-0.39, 0.29) is 11.3 Å². The van der Waals surface area contributed by atoms with Gasteiger partial charge in [0.1, 0.15) is 5.82 Å². The molecular formula is C7H5ClFNO. The predicted octanol–water partition coefficient (Wildman–Crippen LogP) is 1.79. The van der Waals surface area contributed by atoms with E-state index < -0.39 is 11.1 Å². The lowest BCUT2D eigenvalue weighted by Gasteiger charge is -1.96. The van der Waals surface area contributed by atoms with E-state index in [1.54, 1.807) is 0 Å². The van der Waals surface area contributed by atoms with E-state index in [9.17, 15) is 9.18 Å². The first kappa shape index (κ1) is 8.01. The van der Waals surface area contributed by atoms with Crippen molar-refractivity contribution < 1.29 is 9.18 Å². The van der Waals surface area contributed by atoms with Gasteiger partial charge < -0.3 is 5.73 Å². The monoisotopic (exact) mass is 173 g/mol. The van der Waals surface area contributed by atoms with Crippen molar-refractivity contribution in [3.8, 4) is 0 Å². The van der Waals surface area contributed by atoms with Crippen LogP contribution in [0.15, 0.2) is 18.2 Å². The number of hydrogen-bond donors (Lipinski definition) is 1. The number of hydrogen-bond acceptors (Lipinski definition) is 2. The van der Waals surface area contributed by atoms with Gasteiger partial charge in [-0.25, -0.2) is 4.39 Å². The van der Waals surface area contributed by atoms with Gasteiger partial charge in [-0.3, -0.25) is 4.79 Å². The Kier molecular flexibility index (Phi) is 2.10. The first-order valence-electron chi connectivity index (χ1n) is 2.86. The van der Waals surface area contributed by atoms with Crippen molar-refractivity contribution in [1.29, 1.82) is 0 Å². The molecule has 1 aromatic carbocycles. The summed E-state index contributed by atoms with van der Waals surface area (Å²) >= 11 is 5.11. The molecule has 0 fully saturated rings. The highest BCUT2D eigenvalue weighted by atomic mass is 35.5. The van der Waals surface area contributed by atoms with Gasteiger partial charge in [-0.1, -0.05) is 0 Å². The van der Waals surface area contributed by atoms with Crippen LogP contribution in [0.5, 0.6) is 0 Å². The molecule has 0 aromatic heterocycles. The smallest absolute Gasteiger partial charge is 0.252 e. The molecule has 0 spiro atoms. The van der Waals surface area contributed by atoms with Crippen LogP contribution in [-0.2, 0) is 0 Å². The average Bonchev–Trinajstić information content (AvgIpc) is 1.94. The molecule has 0 aliphatic heterocycles. The molecule has 0 radical (unpaired) electrons. The van der Waals surface area contributed by atoms with Crippen molar-refractivity contribution in [1.82, 2.24) is 0 Å². The number of halogens is 2. The highest BCUT2D eigenvalue weighted by Gasteiger charge is 2.03. The van der Waals surface area contributed by atoms with E-state index in [2.05, 4.69) is 0 Å². The summed E-state index contributed by atoms with van der Waals surface area (Å²) in [6.45, 7) is 0. The molecule has 4 heteroatoms. The third kappa shape index (κ3) is 1.68. The van der Waals surface area contributed by atoms with E-state index in [0.717, 1.165) is 6.07 Å². The number of benzene rings is 1. The van der Waals surface area contributed by atoms with Crippen LogP contribution in [0.2, 0.25) is 0 Å². The standard InChI is InChI=1S/C7H5ClFNO/c8-7(11)4-1-2-5(9)6(10)3-4/h1-3H,10H2. The molecule has 1 rings (SSSR count). The Morgan fingerprint density at radius 3 is 2.64 bits per heavy atom. The van der Waals surface area contributed by atoms with E-state index in [4.69, 9.17) is 17.3 Å². The fourth-order valence-corrected chi connectivity index (χ4v) is 0.784. The van der Waals surface area contributed by atoms with Gasteiger partial charge in [0.15, 0.2) is 0 Å². The summed E-state index contributed by atoms with van der Waals surface area (Å²) in [5.41, 5.74) is 5.30. The van der Waals surface area contributed by atoms with E-state index in [1.807, 2.05) is 0 Å². The zero-order valence-corrected chi connectivity index (χ0v) is 6.23. The Morgan fingerprint density at radius 1 is 1.55 bits per heavy atom. The molecule has 0 heterocycles. The van der Waals surface area contributed by atoms with Crippen molar-refractivity contribution in [2.75, 3.05) is 5.73 Å². The number of rotatable bonds is 1. The fraction of sp³-hybridized carbons (Fsp3) is 0. The molecule has 2 nitrogen and oxygen atoms in total. The fourth-order valence-electron chi connectivity index (χ4n) is 0.666. The average molecular weight is 174 g/mol. The highest BCUT2D eigenvalue weighted by Crippen LogP contribution is 2.13. The van der Waals surface area contributed by atoms with Gasteiger partial charge in [0, 0.05) is 5.56 Å². The summed E-state index contributed by atoms with van der Waals surface area (Å²) in [7, 11) is 0. The van der Waals surface area contributed by atoms with Gasteiger partial charge >= 0.3 is 0 Å². The number of nitrogens with two attached hydrogens (primary N) is 1. The molecule has 0 atom stereocenters. The molecule has 58 valence electrons. The maximum absolute atomic E-state index is 12.5. The van der Waals surface area contributed by atoms with Crippen molar-refractivity contribution in [2.24, 2.45) is 0 Å². The summed E-state index contributed by atoms with van der Waals surface area (Å²) in [6, 6.07) is 3.58. The van der Waals surface area contributed by atoms with E-state index in [1.165, 1.54) is 12.1 Å². The largest absolute Gasteiger partial charge is 0.396 e. The minimum atomic E-state index is -0.642. The van der Waals surface area contributed by atoms with Gasteiger partial charge in [0.25, 0.3) is 5.24 Å². The highest BCUT2D eigenvalue weighted by molar-refractivity contribution is 6.67. The Bertz CT molecular complexity index is 300. The third-order valence-corrected chi connectivity index (χ3v) is 1.44. The molecule has 0 saturated carbocycles. The Balaban J connectivity index is 3.15. The molecule has 2 N–H and O–H groups in total. The van der Waals surface area contributed by atoms with Gasteiger partial charge in [-0.2, -0.15) is 0 Å². The van der Waals surface area contributed by atoms with E-state index in [0.29, 0.717) is 0 Å². The van der Waals surface area contributed by atoms with Crippen molar-refractivity contribution in [3.05, 3.63) is 29.6 Å². The van der Waals surface area contributed by atoms with Crippen molar-refractivity contribution >= 4 is 22.5 Å². The summed E-state index contributed by atoms with van der Waals surface area (Å²) in [4.78, 5) is 10.5. The SMILES string of the molecule is Nc1cc(C(=O)Cl)ccc1F. The lowest BCUT2D eigenvalue weighted by atomic mass is 10.2. The van der Waals surface area contributed by atoms with Crippen LogP contribution in [0.25, 0.3) is 0 Å². The first-order chi connectivity index (χ1) is 5.11. The second-order valence-corrected chi connectivity index (χ2v) is 2.35. The Hall–Kier alpha value is -1.09. The third-order valence-electron chi connectivity index (χ3n) is 1.22. The molecule has 0 saturated heterocycles. The van der Waals surface area contributed by atoms with Crippen LogP contribution in [0, 0.1) is 5.82 Å². The molecule has 0 bridgehead atoms. The summed E-state index contributed by atoms with van der Waals surface area (Å²) in [5.74, 6) is -0.549. The number of nitrogen functional groups attached to an aromatic ring is 1. The molecular weight excluding hydrogens is 169 g/mol. The van der Waals surface area contributed by atoms with Crippen molar-refractivity contribution in [2.45, 2.75) is 0 Å². The maximum atomic E-state index is 12.5. The van der Waals surface area contributed by atoms with Crippen molar-refractivity contribution in [3.63, 3.8) is 0 Å². The zero-order chi connectivity index (χ0) is 8.43. The van der Waals surface area contributed by atoms with Crippen LogP contribution < -0.4 is 5.73 Å². The lowest BCUT2D eigenvalue weighted by Crippen LogP contribution is -1.94. The van der Waals surface area contributed by atoms with Crippen LogP contribution in [0.3, 0.4) is 0 Å². The van der Waals surface area contributed by atoms with Gasteiger partial charge in [-0.05, 0) is 29.8 Å². The Morgan fingerprint density at radius 2 is 2.18 bits per heavy atom. The predicted molar refractivity (Wildman–Crippen MR) is 41.0 cm³/mol. The van der Waals surface area contributed by atoms with Crippen LogP contribution in [-0.4, -0.2) is 5.24 Å². The number of anilines is 1. The molecule has 0 unspecified atom stereocenters. The molecule has 0 aliphatic carbocycles. The van der Waals surface area contributed by atoms with Crippen LogP contribution in [0.4, 0.5) is 10.1 Å². The summed E-state index contributed by atoms with van der Waals surface area (Å²) in [5, 5.41) is -0.642. The lowest BCUT2D eigenvalue weighted by molar-refractivity contribution is 0.108. The van der Waals surface area contributed by atoms with Crippen LogP contribution >= 0.6 is 11.6 Å². The molecule has 11 heavy (non-hydrogen) atoms. The zero-order valence-electron chi connectivity index (χ0n) is 5.47. The van der Waals surface area contributed by atoms with E-state index >= 15 is 0 Å². The van der Waals surface area contributed by atoms with Crippen LogP contribution in [0.1, 0.15) is 10.4 Å². The number of carbonyl (C=O) groups excluding carboxylic acids is 1. The maximum Gasteiger partial charge on any atom is 0.252 e.